The summed E-state index contributed by atoms with van der Waals surface area (Å²) < 4.78 is 23.6. The second-order valence-corrected chi connectivity index (χ2v) is 6.40. The van der Waals surface area contributed by atoms with Gasteiger partial charge in [-0.2, -0.15) is 0 Å². The Morgan fingerprint density at radius 1 is 1.18 bits per heavy atom. The van der Waals surface area contributed by atoms with Gasteiger partial charge in [0.1, 0.15) is 12.3 Å². The van der Waals surface area contributed by atoms with Gasteiger partial charge in [0.2, 0.25) is 15.7 Å². The maximum Gasteiger partial charge on any atom is 0.322 e. The first kappa shape index (κ1) is 17.6. The molecule has 0 aromatic heterocycles. The van der Waals surface area contributed by atoms with Gasteiger partial charge >= 0.3 is 5.97 Å². The van der Waals surface area contributed by atoms with Gasteiger partial charge in [0.25, 0.3) is 5.12 Å². The molecule has 1 aromatic carbocycles. The first-order valence-corrected chi connectivity index (χ1v) is 7.94. The van der Waals surface area contributed by atoms with Crippen molar-refractivity contribution in [1.82, 2.24) is 5.32 Å². The van der Waals surface area contributed by atoms with Crippen molar-refractivity contribution in [1.29, 1.82) is 0 Å². The van der Waals surface area contributed by atoms with Crippen molar-refractivity contribution < 1.29 is 27.9 Å². The van der Waals surface area contributed by atoms with Crippen LogP contribution in [0.3, 0.4) is 0 Å². The molecular weight excluding hydrogens is 312 g/mol. The Morgan fingerprint density at radius 3 is 2.32 bits per heavy atom. The molecular formula is C13H16N2O6S. The van der Waals surface area contributed by atoms with Crippen molar-refractivity contribution >= 4 is 32.5 Å². The van der Waals surface area contributed by atoms with Gasteiger partial charge < -0.3 is 15.7 Å². The predicted molar refractivity (Wildman–Crippen MR) is 79.0 cm³/mol. The second-order valence-electron chi connectivity index (χ2n) is 4.48. The number of anilines is 1. The van der Waals surface area contributed by atoms with Crippen LogP contribution in [0, 0.1) is 0 Å². The summed E-state index contributed by atoms with van der Waals surface area (Å²) in [4.78, 5) is 33.5. The van der Waals surface area contributed by atoms with E-state index in [4.69, 9.17) is 5.11 Å². The molecule has 1 atom stereocenters. The molecule has 120 valence electrons. The van der Waals surface area contributed by atoms with E-state index in [2.05, 4.69) is 5.32 Å². The van der Waals surface area contributed by atoms with Gasteiger partial charge in [0.15, 0.2) is 0 Å². The number of carbonyl (C=O) groups excluding carboxylic acids is 2. The first-order valence-electron chi connectivity index (χ1n) is 6.29. The molecule has 3 N–H and O–H groups in total. The van der Waals surface area contributed by atoms with Crippen LogP contribution in [-0.2, 0) is 24.2 Å². The molecule has 0 saturated carbocycles. The van der Waals surface area contributed by atoms with E-state index in [0.29, 0.717) is 5.69 Å². The van der Waals surface area contributed by atoms with Crippen molar-refractivity contribution in [2.75, 3.05) is 17.6 Å². The first-order chi connectivity index (χ1) is 10.2. The Labute approximate surface area is 127 Å². The summed E-state index contributed by atoms with van der Waals surface area (Å²) in [6.45, 7) is 0.655. The fraction of sp³-hybridized carbons (Fsp3) is 0.308. The van der Waals surface area contributed by atoms with Crippen molar-refractivity contribution in [3.8, 4) is 0 Å². The maximum absolute atomic E-state index is 11.9. The SMILES string of the molecule is CC(Nc1ccccc1)C(=O)S(=O)(=O)CC(=O)NCC(=O)O. The molecule has 0 bridgehead atoms. The van der Waals surface area contributed by atoms with Gasteiger partial charge in [0, 0.05) is 5.69 Å². The quantitative estimate of drug-likeness (QED) is 0.622. The molecule has 1 unspecified atom stereocenters. The van der Waals surface area contributed by atoms with Crippen LogP contribution in [0.1, 0.15) is 6.92 Å². The van der Waals surface area contributed by atoms with E-state index in [1.807, 2.05) is 5.32 Å². The van der Waals surface area contributed by atoms with Crippen molar-refractivity contribution in [3.05, 3.63) is 30.3 Å². The van der Waals surface area contributed by atoms with Crippen LogP contribution in [0.4, 0.5) is 5.69 Å². The van der Waals surface area contributed by atoms with E-state index < -0.39 is 45.2 Å². The third kappa shape index (κ3) is 5.52. The van der Waals surface area contributed by atoms with Crippen LogP contribution in [0.15, 0.2) is 30.3 Å². The Balaban J connectivity index is 2.65. The molecule has 9 heteroatoms. The number of amides is 1. The Bertz CT molecular complexity index is 656. The molecule has 1 aromatic rings. The second kappa shape index (κ2) is 7.55. The lowest BCUT2D eigenvalue weighted by Gasteiger charge is -2.14. The third-order valence-corrected chi connectivity index (χ3v) is 4.18. The number of sulfone groups is 1. The average Bonchev–Trinajstić information content (AvgIpc) is 2.44. The van der Waals surface area contributed by atoms with E-state index in [1.165, 1.54) is 6.92 Å². The highest BCUT2D eigenvalue weighted by Crippen LogP contribution is 2.09. The molecule has 0 aliphatic carbocycles. The summed E-state index contributed by atoms with van der Waals surface area (Å²) in [7, 11) is -4.33. The number of carbonyl (C=O) groups is 3. The monoisotopic (exact) mass is 328 g/mol. The molecule has 22 heavy (non-hydrogen) atoms. The summed E-state index contributed by atoms with van der Waals surface area (Å²) in [6.07, 6.45) is 0. The smallest absolute Gasteiger partial charge is 0.322 e. The Kier molecular flexibility index (Phi) is 6.05. The van der Waals surface area contributed by atoms with E-state index in [0.717, 1.165) is 0 Å². The van der Waals surface area contributed by atoms with Gasteiger partial charge in [0.05, 0.1) is 6.04 Å². The van der Waals surface area contributed by atoms with Crippen LogP contribution >= 0.6 is 0 Å². The molecule has 0 saturated heterocycles. The number of carboxylic acid groups (broad SMARTS) is 1. The number of carboxylic acids is 1. The van der Waals surface area contributed by atoms with Crippen LogP contribution in [0.5, 0.6) is 0 Å². The lowest BCUT2D eigenvalue weighted by atomic mass is 10.3. The molecule has 0 radical (unpaired) electrons. The Hall–Kier alpha value is -2.42. The van der Waals surface area contributed by atoms with Crippen LogP contribution in [0.25, 0.3) is 0 Å². The summed E-state index contributed by atoms with van der Waals surface area (Å²) in [5, 5.41) is 11.9. The highest BCUT2D eigenvalue weighted by atomic mass is 32.2. The fourth-order valence-electron chi connectivity index (χ4n) is 1.58. The minimum Gasteiger partial charge on any atom is -0.480 e. The highest BCUT2D eigenvalue weighted by Gasteiger charge is 2.30. The van der Waals surface area contributed by atoms with Crippen molar-refractivity contribution in [2.24, 2.45) is 0 Å². The normalized spacial score (nSPS) is 12.2. The maximum atomic E-state index is 11.9. The molecule has 1 amide bonds. The van der Waals surface area contributed by atoms with Gasteiger partial charge in [-0.15, -0.1) is 0 Å². The zero-order valence-electron chi connectivity index (χ0n) is 11.8. The molecule has 0 aliphatic heterocycles. The van der Waals surface area contributed by atoms with E-state index in [-0.39, 0.29) is 0 Å². The molecule has 0 fully saturated rings. The number of hydrogen-bond acceptors (Lipinski definition) is 6. The highest BCUT2D eigenvalue weighted by molar-refractivity contribution is 8.06. The lowest BCUT2D eigenvalue weighted by Crippen LogP contribution is -2.40. The molecule has 0 heterocycles. The van der Waals surface area contributed by atoms with Gasteiger partial charge in [-0.25, -0.2) is 8.42 Å². The van der Waals surface area contributed by atoms with Gasteiger partial charge in [-0.05, 0) is 19.1 Å². The van der Waals surface area contributed by atoms with E-state index in [9.17, 15) is 22.8 Å². The number of rotatable bonds is 7. The number of benzene rings is 1. The summed E-state index contributed by atoms with van der Waals surface area (Å²) in [5.41, 5.74) is 0.564. The minimum absolute atomic E-state index is 0.564. The van der Waals surface area contributed by atoms with Crippen LogP contribution in [0.2, 0.25) is 0 Å². The standard InChI is InChI=1S/C13H16N2O6S/c1-9(15-10-5-3-2-4-6-10)13(19)22(20,21)8-11(16)14-7-12(17)18/h2-6,9,15H,7-8H2,1H3,(H,14,16)(H,17,18). The Morgan fingerprint density at radius 2 is 1.77 bits per heavy atom. The van der Waals surface area contributed by atoms with Gasteiger partial charge in [-0.3, -0.25) is 14.4 Å². The predicted octanol–water partition coefficient (Wildman–Crippen LogP) is -0.371. The zero-order valence-corrected chi connectivity index (χ0v) is 12.6. The van der Waals surface area contributed by atoms with Crippen LogP contribution in [-0.4, -0.2) is 48.9 Å². The number of aliphatic carboxylic acids is 1. The fourth-order valence-corrected chi connectivity index (χ4v) is 2.77. The minimum atomic E-state index is -4.33. The summed E-state index contributed by atoms with van der Waals surface area (Å²) in [5.74, 6) is -3.43. The summed E-state index contributed by atoms with van der Waals surface area (Å²) >= 11 is 0. The summed E-state index contributed by atoms with van der Waals surface area (Å²) in [6, 6.07) is 7.48. The van der Waals surface area contributed by atoms with Crippen molar-refractivity contribution in [2.45, 2.75) is 13.0 Å². The number of para-hydroxylation sites is 1. The molecule has 1 rings (SSSR count). The average molecular weight is 328 g/mol. The largest absolute Gasteiger partial charge is 0.480 e. The van der Waals surface area contributed by atoms with Crippen LogP contribution < -0.4 is 10.6 Å². The number of nitrogens with one attached hydrogen (secondary N) is 2. The van der Waals surface area contributed by atoms with Crippen molar-refractivity contribution in [3.63, 3.8) is 0 Å². The van der Waals surface area contributed by atoms with Gasteiger partial charge in [-0.1, -0.05) is 18.2 Å². The third-order valence-electron chi connectivity index (χ3n) is 2.57. The number of hydrogen-bond donors (Lipinski definition) is 3. The zero-order chi connectivity index (χ0) is 16.8. The molecule has 0 spiro atoms. The van der Waals surface area contributed by atoms with E-state index in [1.54, 1.807) is 30.3 Å². The molecule has 0 aliphatic rings. The van der Waals surface area contributed by atoms with E-state index >= 15 is 0 Å². The molecule has 8 nitrogen and oxygen atoms in total. The topological polar surface area (TPSA) is 130 Å². The lowest BCUT2D eigenvalue weighted by molar-refractivity contribution is -0.137.